The summed E-state index contributed by atoms with van der Waals surface area (Å²) in [6.45, 7) is 8.91. The van der Waals surface area contributed by atoms with Crippen LogP contribution in [-0.2, 0) is 19.1 Å². The second-order valence-electron chi connectivity index (χ2n) is 4.11. The fourth-order valence-corrected chi connectivity index (χ4v) is 1.36. The van der Waals surface area contributed by atoms with Crippen LogP contribution in [0, 0.1) is 11.8 Å². The Bertz CT molecular complexity index is 362. The second-order valence-corrected chi connectivity index (χ2v) is 4.11. The van der Waals surface area contributed by atoms with Gasteiger partial charge in [0, 0.05) is 6.42 Å². The molecule has 0 amide bonds. The van der Waals surface area contributed by atoms with Gasteiger partial charge in [0.2, 0.25) is 0 Å². The molecule has 0 aliphatic carbocycles. The SMILES string of the molecule is C=CCC(C)OC(=O)CCC(=O)OC(C#CC)CC. The van der Waals surface area contributed by atoms with Crippen LogP contribution in [0.3, 0.4) is 0 Å². The maximum absolute atomic E-state index is 11.5. The zero-order chi connectivity index (χ0) is 14.7. The van der Waals surface area contributed by atoms with Crippen LogP contribution in [0.25, 0.3) is 0 Å². The number of carbonyl (C=O) groups excluding carboxylic acids is 2. The highest BCUT2D eigenvalue weighted by atomic mass is 16.5. The van der Waals surface area contributed by atoms with Crippen molar-refractivity contribution in [2.75, 3.05) is 0 Å². The summed E-state index contributed by atoms with van der Waals surface area (Å²) in [6.07, 6.45) is 2.34. The monoisotopic (exact) mass is 266 g/mol. The van der Waals surface area contributed by atoms with E-state index in [1.807, 2.05) is 6.92 Å². The average molecular weight is 266 g/mol. The minimum Gasteiger partial charge on any atom is -0.462 e. The van der Waals surface area contributed by atoms with Crippen molar-refractivity contribution in [3.63, 3.8) is 0 Å². The Kier molecular flexibility index (Phi) is 9.25. The zero-order valence-electron chi connectivity index (χ0n) is 11.9. The first-order valence-electron chi connectivity index (χ1n) is 6.45. The predicted octanol–water partition coefficient (Wildman–Crippen LogP) is 2.62. The normalized spacial score (nSPS) is 12.6. The Morgan fingerprint density at radius 3 is 2.32 bits per heavy atom. The lowest BCUT2D eigenvalue weighted by molar-refractivity contribution is -0.154. The third-order valence-corrected chi connectivity index (χ3v) is 2.31. The molecule has 0 aliphatic heterocycles. The molecular formula is C15H22O4. The largest absolute Gasteiger partial charge is 0.462 e. The van der Waals surface area contributed by atoms with Crippen LogP contribution in [0.15, 0.2) is 12.7 Å². The van der Waals surface area contributed by atoms with Crippen LogP contribution in [0.1, 0.15) is 46.5 Å². The standard InChI is InChI=1S/C15H22O4/c1-5-8-12(4)18-14(16)10-11-15(17)19-13(7-3)9-6-2/h5,12-13H,1,7-8,10-11H2,2-4H3. The van der Waals surface area contributed by atoms with Crippen LogP contribution in [0.2, 0.25) is 0 Å². The van der Waals surface area contributed by atoms with Crippen molar-refractivity contribution in [1.82, 2.24) is 0 Å². The third-order valence-electron chi connectivity index (χ3n) is 2.31. The van der Waals surface area contributed by atoms with Crippen molar-refractivity contribution in [1.29, 1.82) is 0 Å². The summed E-state index contributed by atoms with van der Waals surface area (Å²) >= 11 is 0. The van der Waals surface area contributed by atoms with Gasteiger partial charge in [-0.2, -0.15) is 0 Å². The fourth-order valence-electron chi connectivity index (χ4n) is 1.36. The van der Waals surface area contributed by atoms with Crippen LogP contribution >= 0.6 is 0 Å². The molecule has 0 saturated carbocycles. The molecule has 0 spiro atoms. The number of hydrogen-bond acceptors (Lipinski definition) is 4. The Hall–Kier alpha value is -1.76. The molecule has 0 radical (unpaired) electrons. The van der Waals surface area contributed by atoms with E-state index in [9.17, 15) is 9.59 Å². The lowest BCUT2D eigenvalue weighted by Gasteiger charge is -2.12. The van der Waals surface area contributed by atoms with Gasteiger partial charge in [0.05, 0.1) is 12.8 Å². The fraction of sp³-hybridized carbons (Fsp3) is 0.600. The van der Waals surface area contributed by atoms with Crippen LogP contribution < -0.4 is 0 Å². The van der Waals surface area contributed by atoms with E-state index in [4.69, 9.17) is 9.47 Å². The van der Waals surface area contributed by atoms with E-state index in [-0.39, 0.29) is 18.9 Å². The molecule has 0 N–H and O–H groups in total. The van der Waals surface area contributed by atoms with Crippen molar-refractivity contribution >= 4 is 11.9 Å². The summed E-state index contributed by atoms with van der Waals surface area (Å²) in [4.78, 5) is 22.9. The van der Waals surface area contributed by atoms with Crippen molar-refractivity contribution in [3.05, 3.63) is 12.7 Å². The first-order chi connectivity index (χ1) is 9.03. The molecule has 0 aromatic rings. The van der Waals surface area contributed by atoms with E-state index in [2.05, 4.69) is 18.4 Å². The Morgan fingerprint density at radius 1 is 1.26 bits per heavy atom. The van der Waals surface area contributed by atoms with E-state index in [1.165, 1.54) is 0 Å². The summed E-state index contributed by atoms with van der Waals surface area (Å²) < 4.78 is 10.2. The number of hydrogen-bond donors (Lipinski definition) is 0. The third kappa shape index (κ3) is 8.90. The highest BCUT2D eigenvalue weighted by Gasteiger charge is 2.14. The van der Waals surface area contributed by atoms with E-state index >= 15 is 0 Å². The molecule has 0 heterocycles. The van der Waals surface area contributed by atoms with Gasteiger partial charge in [-0.3, -0.25) is 9.59 Å². The van der Waals surface area contributed by atoms with Crippen LogP contribution in [0.4, 0.5) is 0 Å². The van der Waals surface area contributed by atoms with E-state index in [0.717, 1.165) is 0 Å². The number of rotatable bonds is 8. The van der Waals surface area contributed by atoms with Gasteiger partial charge in [-0.1, -0.05) is 18.9 Å². The van der Waals surface area contributed by atoms with Crippen molar-refractivity contribution in [2.24, 2.45) is 0 Å². The number of ether oxygens (including phenoxy) is 2. The van der Waals surface area contributed by atoms with Gasteiger partial charge >= 0.3 is 11.9 Å². The number of carbonyl (C=O) groups is 2. The van der Waals surface area contributed by atoms with Gasteiger partial charge in [0.15, 0.2) is 6.10 Å². The van der Waals surface area contributed by atoms with Gasteiger partial charge in [0.25, 0.3) is 0 Å². The summed E-state index contributed by atoms with van der Waals surface area (Å²) in [5.41, 5.74) is 0. The zero-order valence-corrected chi connectivity index (χ0v) is 11.9. The second kappa shape index (κ2) is 10.2. The van der Waals surface area contributed by atoms with Gasteiger partial charge in [-0.05, 0) is 20.3 Å². The highest BCUT2D eigenvalue weighted by Crippen LogP contribution is 2.05. The minimum absolute atomic E-state index is 0.0154. The number of esters is 2. The molecule has 0 aromatic heterocycles. The summed E-state index contributed by atoms with van der Waals surface area (Å²) in [7, 11) is 0. The van der Waals surface area contributed by atoms with E-state index in [0.29, 0.717) is 12.8 Å². The van der Waals surface area contributed by atoms with Crippen molar-refractivity contribution in [3.8, 4) is 11.8 Å². The van der Waals surface area contributed by atoms with E-state index < -0.39 is 18.0 Å². The molecule has 106 valence electrons. The topological polar surface area (TPSA) is 52.6 Å². The van der Waals surface area contributed by atoms with Gasteiger partial charge in [0.1, 0.15) is 6.10 Å². The quantitative estimate of drug-likeness (QED) is 0.385. The molecule has 0 saturated heterocycles. The Morgan fingerprint density at radius 2 is 1.84 bits per heavy atom. The molecule has 0 aliphatic rings. The van der Waals surface area contributed by atoms with Gasteiger partial charge in [-0.25, -0.2) is 0 Å². The molecule has 0 rings (SSSR count). The van der Waals surface area contributed by atoms with Crippen LogP contribution in [0.5, 0.6) is 0 Å². The Labute approximate surface area is 115 Å². The van der Waals surface area contributed by atoms with Gasteiger partial charge < -0.3 is 9.47 Å². The summed E-state index contributed by atoms with van der Waals surface area (Å²) in [5, 5.41) is 0. The lowest BCUT2D eigenvalue weighted by atomic mass is 10.2. The first-order valence-corrected chi connectivity index (χ1v) is 6.45. The summed E-state index contributed by atoms with van der Waals surface area (Å²) in [6, 6.07) is 0. The highest BCUT2D eigenvalue weighted by molar-refractivity contribution is 5.77. The van der Waals surface area contributed by atoms with Crippen molar-refractivity contribution in [2.45, 2.75) is 58.7 Å². The molecular weight excluding hydrogens is 244 g/mol. The van der Waals surface area contributed by atoms with Crippen LogP contribution in [-0.4, -0.2) is 24.1 Å². The summed E-state index contributed by atoms with van der Waals surface area (Å²) in [5.74, 6) is 4.65. The molecule has 4 nitrogen and oxygen atoms in total. The maximum Gasteiger partial charge on any atom is 0.307 e. The smallest absolute Gasteiger partial charge is 0.307 e. The molecule has 19 heavy (non-hydrogen) atoms. The first kappa shape index (κ1) is 17.2. The van der Waals surface area contributed by atoms with Gasteiger partial charge in [-0.15, -0.1) is 12.5 Å². The molecule has 4 heteroatoms. The average Bonchev–Trinajstić information content (AvgIpc) is 2.36. The molecule has 2 atom stereocenters. The predicted molar refractivity (Wildman–Crippen MR) is 73.2 cm³/mol. The molecule has 2 unspecified atom stereocenters. The van der Waals surface area contributed by atoms with Crippen molar-refractivity contribution < 1.29 is 19.1 Å². The molecule has 0 aromatic carbocycles. The molecule has 0 bridgehead atoms. The molecule has 0 fully saturated rings. The Balaban J connectivity index is 3.97. The maximum atomic E-state index is 11.5. The van der Waals surface area contributed by atoms with E-state index in [1.54, 1.807) is 19.9 Å². The minimum atomic E-state index is -0.428. The lowest BCUT2D eigenvalue weighted by Crippen LogP contribution is -2.19.